The summed E-state index contributed by atoms with van der Waals surface area (Å²) in [5, 5.41) is 3.58. The van der Waals surface area contributed by atoms with E-state index in [1.54, 1.807) is 0 Å². The van der Waals surface area contributed by atoms with Crippen LogP contribution in [-0.2, 0) is 12.8 Å². The molecule has 0 fully saturated rings. The van der Waals surface area contributed by atoms with Crippen molar-refractivity contribution in [2.75, 3.05) is 6.54 Å². The molecule has 0 aliphatic rings. The largest absolute Gasteiger partial charge is 0.314 e. The monoisotopic (exact) mass is 401 g/mol. The molecule has 2 aromatic rings. The summed E-state index contributed by atoms with van der Waals surface area (Å²) in [4.78, 5) is 1.43. The van der Waals surface area contributed by atoms with Gasteiger partial charge in [0.25, 0.3) is 0 Å². The first-order valence-electron chi connectivity index (χ1n) is 6.39. The van der Waals surface area contributed by atoms with Gasteiger partial charge in [0.15, 0.2) is 0 Å². The van der Waals surface area contributed by atoms with Crippen LogP contribution in [0, 0.1) is 0 Å². The smallest absolute Gasteiger partial charge is 0.0701 e. The van der Waals surface area contributed by atoms with Gasteiger partial charge in [-0.2, -0.15) is 0 Å². The standard InChI is InChI=1S/C15H17Br2NS/c1-2-18-13(10-14-7-8-15(17)19-14)9-11-3-5-12(16)6-4-11/h3-8,13,18H,2,9-10H2,1H3. The zero-order chi connectivity index (χ0) is 13.7. The molecular weight excluding hydrogens is 386 g/mol. The molecule has 0 saturated heterocycles. The SMILES string of the molecule is CCNC(Cc1ccc(Br)cc1)Cc1ccc(Br)s1. The molecule has 1 aromatic heterocycles. The van der Waals surface area contributed by atoms with Crippen molar-refractivity contribution in [1.82, 2.24) is 5.32 Å². The van der Waals surface area contributed by atoms with Crippen LogP contribution in [0.25, 0.3) is 0 Å². The van der Waals surface area contributed by atoms with Crippen molar-refractivity contribution in [3.8, 4) is 0 Å². The maximum Gasteiger partial charge on any atom is 0.0701 e. The molecule has 1 unspecified atom stereocenters. The fourth-order valence-corrected chi connectivity index (χ4v) is 3.94. The number of hydrogen-bond donors (Lipinski definition) is 1. The number of thiophene rings is 1. The number of hydrogen-bond acceptors (Lipinski definition) is 2. The molecule has 0 spiro atoms. The lowest BCUT2D eigenvalue weighted by Crippen LogP contribution is -2.32. The third-order valence-electron chi connectivity index (χ3n) is 2.96. The zero-order valence-electron chi connectivity index (χ0n) is 10.8. The van der Waals surface area contributed by atoms with Crippen LogP contribution in [0.4, 0.5) is 0 Å². The molecule has 102 valence electrons. The Morgan fingerprint density at radius 2 is 1.79 bits per heavy atom. The Hall–Kier alpha value is -0.160. The Morgan fingerprint density at radius 3 is 2.37 bits per heavy atom. The summed E-state index contributed by atoms with van der Waals surface area (Å²) in [7, 11) is 0. The van der Waals surface area contributed by atoms with Gasteiger partial charge in [-0.3, -0.25) is 0 Å². The lowest BCUT2D eigenvalue weighted by Gasteiger charge is -2.17. The van der Waals surface area contributed by atoms with Gasteiger partial charge < -0.3 is 5.32 Å². The number of rotatable bonds is 6. The van der Waals surface area contributed by atoms with Crippen LogP contribution < -0.4 is 5.32 Å². The molecule has 0 aliphatic carbocycles. The highest BCUT2D eigenvalue weighted by molar-refractivity contribution is 9.11. The minimum absolute atomic E-state index is 0.497. The summed E-state index contributed by atoms with van der Waals surface area (Å²) in [6.45, 7) is 3.17. The van der Waals surface area contributed by atoms with Crippen LogP contribution in [-0.4, -0.2) is 12.6 Å². The lowest BCUT2D eigenvalue weighted by atomic mass is 10.0. The van der Waals surface area contributed by atoms with E-state index in [0.29, 0.717) is 6.04 Å². The van der Waals surface area contributed by atoms with E-state index in [-0.39, 0.29) is 0 Å². The molecule has 0 aliphatic heterocycles. The molecule has 4 heteroatoms. The van der Waals surface area contributed by atoms with Crippen molar-refractivity contribution in [3.05, 3.63) is 55.1 Å². The molecule has 19 heavy (non-hydrogen) atoms. The Kier molecular flexibility index (Phi) is 6.07. The Balaban J connectivity index is 2.01. The van der Waals surface area contributed by atoms with Crippen molar-refractivity contribution in [3.63, 3.8) is 0 Å². The molecule has 0 bridgehead atoms. The van der Waals surface area contributed by atoms with E-state index in [0.717, 1.165) is 23.9 Å². The Labute approximate surface area is 135 Å². The fraction of sp³-hybridized carbons (Fsp3) is 0.333. The summed E-state index contributed by atoms with van der Waals surface area (Å²) in [5.74, 6) is 0. The quantitative estimate of drug-likeness (QED) is 0.713. The van der Waals surface area contributed by atoms with Crippen molar-refractivity contribution in [1.29, 1.82) is 0 Å². The minimum Gasteiger partial charge on any atom is -0.314 e. The first-order chi connectivity index (χ1) is 9.17. The first-order valence-corrected chi connectivity index (χ1v) is 8.79. The van der Waals surface area contributed by atoms with Gasteiger partial charge in [-0.25, -0.2) is 0 Å². The minimum atomic E-state index is 0.497. The van der Waals surface area contributed by atoms with Gasteiger partial charge in [0.1, 0.15) is 0 Å². The summed E-state index contributed by atoms with van der Waals surface area (Å²) in [6, 6.07) is 13.4. The predicted molar refractivity (Wildman–Crippen MR) is 91.0 cm³/mol. The highest BCUT2D eigenvalue weighted by atomic mass is 79.9. The van der Waals surface area contributed by atoms with Crippen molar-refractivity contribution >= 4 is 43.2 Å². The number of nitrogens with one attached hydrogen (secondary N) is 1. The molecule has 1 aromatic carbocycles. The van der Waals surface area contributed by atoms with Crippen molar-refractivity contribution < 1.29 is 0 Å². The van der Waals surface area contributed by atoms with E-state index in [1.807, 2.05) is 11.3 Å². The second-order valence-electron chi connectivity index (χ2n) is 4.50. The van der Waals surface area contributed by atoms with Gasteiger partial charge in [0.2, 0.25) is 0 Å². The summed E-state index contributed by atoms with van der Waals surface area (Å²) >= 11 is 8.83. The molecule has 1 N–H and O–H groups in total. The van der Waals surface area contributed by atoms with Gasteiger partial charge in [0, 0.05) is 15.4 Å². The van der Waals surface area contributed by atoms with E-state index in [4.69, 9.17) is 0 Å². The van der Waals surface area contributed by atoms with Crippen LogP contribution in [0.3, 0.4) is 0 Å². The van der Waals surface area contributed by atoms with Crippen LogP contribution in [0.15, 0.2) is 44.7 Å². The van der Waals surface area contributed by atoms with Crippen LogP contribution in [0.2, 0.25) is 0 Å². The normalized spacial score (nSPS) is 12.6. The third kappa shape index (κ3) is 5.03. The first kappa shape index (κ1) is 15.2. The zero-order valence-corrected chi connectivity index (χ0v) is 14.8. The van der Waals surface area contributed by atoms with Gasteiger partial charge in [-0.1, -0.05) is 35.0 Å². The molecule has 0 radical (unpaired) electrons. The number of halogens is 2. The molecule has 1 nitrogen and oxygen atoms in total. The van der Waals surface area contributed by atoms with Gasteiger partial charge in [-0.15, -0.1) is 11.3 Å². The average Bonchev–Trinajstić information content (AvgIpc) is 2.78. The second kappa shape index (κ2) is 7.58. The summed E-state index contributed by atoms with van der Waals surface area (Å²) in [6.07, 6.45) is 2.15. The van der Waals surface area contributed by atoms with Crippen LogP contribution in [0.5, 0.6) is 0 Å². The lowest BCUT2D eigenvalue weighted by molar-refractivity contribution is 0.524. The van der Waals surface area contributed by atoms with E-state index in [9.17, 15) is 0 Å². The Bertz CT molecular complexity index is 507. The number of likely N-dealkylation sites (N-methyl/N-ethyl adjacent to an activating group) is 1. The van der Waals surface area contributed by atoms with E-state index < -0.39 is 0 Å². The summed E-state index contributed by atoms with van der Waals surface area (Å²) < 4.78 is 2.35. The van der Waals surface area contributed by atoms with Crippen molar-refractivity contribution in [2.45, 2.75) is 25.8 Å². The molecule has 0 amide bonds. The maximum absolute atomic E-state index is 3.58. The highest BCUT2D eigenvalue weighted by Gasteiger charge is 2.11. The average molecular weight is 403 g/mol. The topological polar surface area (TPSA) is 12.0 Å². The van der Waals surface area contributed by atoms with Gasteiger partial charge in [-0.05, 0) is 65.1 Å². The van der Waals surface area contributed by atoms with Gasteiger partial charge in [0.05, 0.1) is 3.79 Å². The molecule has 1 atom stereocenters. The van der Waals surface area contributed by atoms with Crippen LogP contribution in [0.1, 0.15) is 17.4 Å². The molecule has 2 rings (SSSR count). The van der Waals surface area contributed by atoms with Gasteiger partial charge >= 0.3 is 0 Å². The molecule has 1 heterocycles. The summed E-state index contributed by atoms with van der Waals surface area (Å²) in [5.41, 5.74) is 1.38. The second-order valence-corrected chi connectivity index (χ2v) is 7.96. The number of benzene rings is 1. The van der Waals surface area contributed by atoms with E-state index >= 15 is 0 Å². The van der Waals surface area contributed by atoms with Crippen LogP contribution >= 0.6 is 43.2 Å². The van der Waals surface area contributed by atoms with Crippen molar-refractivity contribution in [2.24, 2.45) is 0 Å². The Morgan fingerprint density at radius 1 is 1.05 bits per heavy atom. The highest BCUT2D eigenvalue weighted by Crippen LogP contribution is 2.24. The van der Waals surface area contributed by atoms with E-state index in [1.165, 1.54) is 14.2 Å². The third-order valence-corrected chi connectivity index (χ3v) is 5.14. The molecular formula is C15H17Br2NS. The maximum atomic E-state index is 3.58. The van der Waals surface area contributed by atoms with E-state index in [2.05, 4.69) is 80.5 Å². The molecule has 0 saturated carbocycles. The fourth-order valence-electron chi connectivity index (χ4n) is 2.11. The predicted octanol–water partition coefficient (Wildman–Crippen LogP) is 5.04.